The van der Waals surface area contributed by atoms with Gasteiger partial charge < -0.3 is 5.32 Å². The predicted molar refractivity (Wildman–Crippen MR) is 79.5 cm³/mol. The average molecular weight is 310 g/mol. The van der Waals surface area contributed by atoms with Crippen molar-refractivity contribution in [1.82, 2.24) is 14.9 Å². The normalized spacial score (nSPS) is 14.1. The molecule has 20 heavy (non-hydrogen) atoms. The van der Waals surface area contributed by atoms with Gasteiger partial charge in [-0.3, -0.25) is 9.36 Å². The third-order valence-electron chi connectivity index (χ3n) is 3.45. The van der Waals surface area contributed by atoms with Gasteiger partial charge in [-0.25, -0.2) is 4.98 Å². The zero-order chi connectivity index (χ0) is 14.1. The van der Waals surface area contributed by atoms with Gasteiger partial charge >= 0.3 is 0 Å². The molecule has 0 fully saturated rings. The molecule has 1 aliphatic rings. The molecule has 6 heteroatoms. The Bertz CT molecular complexity index is 692. The molecule has 0 saturated heterocycles. The van der Waals surface area contributed by atoms with Gasteiger partial charge in [0.05, 0.1) is 18.6 Å². The summed E-state index contributed by atoms with van der Waals surface area (Å²) in [5, 5.41) is 4.32. The Balaban J connectivity index is 2.02. The summed E-state index contributed by atoms with van der Waals surface area (Å²) >= 11 is 12.3. The van der Waals surface area contributed by atoms with E-state index in [4.69, 9.17) is 23.2 Å². The largest absolute Gasteiger partial charge is 0.311 e. The molecule has 4 nitrogen and oxygen atoms in total. The molecular weight excluding hydrogens is 297 g/mol. The summed E-state index contributed by atoms with van der Waals surface area (Å²) in [6.07, 6.45) is 2.27. The van der Waals surface area contributed by atoms with Gasteiger partial charge in [-0.15, -0.1) is 0 Å². The third-order valence-corrected chi connectivity index (χ3v) is 4.16. The highest BCUT2D eigenvalue weighted by Crippen LogP contribution is 2.24. The van der Waals surface area contributed by atoms with Crippen molar-refractivity contribution >= 4 is 23.2 Å². The molecule has 0 radical (unpaired) electrons. The first-order valence-corrected chi connectivity index (χ1v) is 7.13. The highest BCUT2D eigenvalue weighted by molar-refractivity contribution is 6.35. The number of rotatable bonds is 2. The van der Waals surface area contributed by atoms with E-state index < -0.39 is 0 Å². The van der Waals surface area contributed by atoms with Gasteiger partial charge in [0, 0.05) is 27.7 Å². The fourth-order valence-electron chi connectivity index (χ4n) is 2.36. The Labute approximate surface area is 126 Å². The number of nitrogens with one attached hydrogen (secondary N) is 1. The fourth-order valence-corrected chi connectivity index (χ4v) is 2.87. The van der Waals surface area contributed by atoms with Gasteiger partial charge in [-0.1, -0.05) is 29.3 Å². The van der Waals surface area contributed by atoms with Gasteiger partial charge in [0.25, 0.3) is 5.56 Å². The summed E-state index contributed by atoms with van der Waals surface area (Å²) in [7, 11) is 0. The quantitative estimate of drug-likeness (QED) is 0.925. The minimum atomic E-state index is -0.00696. The van der Waals surface area contributed by atoms with E-state index in [1.807, 2.05) is 0 Å². The van der Waals surface area contributed by atoms with Crippen LogP contribution in [-0.4, -0.2) is 16.1 Å². The molecule has 1 aromatic heterocycles. The van der Waals surface area contributed by atoms with Crippen LogP contribution in [0.25, 0.3) is 0 Å². The first-order chi connectivity index (χ1) is 9.66. The van der Waals surface area contributed by atoms with E-state index in [2.05, 4.69) is 10.3 Å². The maximum atomic E-state index is 12.4. The predicted octanol–water partition coefficient (Wildman–Crippen LogP) is 2.24. The van der Waals surface area contributed by atoms with E-state index in [0.717, 1.165) is 23.4 Å². The van der Waals surface area contributed by atoms with E-state index in [0.29, 0.717) is 29.6 Å². The summed E-state index contributed by atoms with van der Waals surface area (Å²) in [6.45, 7) is 1.80. The zero-order valence-corrected chi connectivity index (χ0v) is 12.2. The molecule has 1 aliphatic heterocycles. The fraction of sp³-hybridized carbons (Fsp3) is 0.286. The molecule has 3 rings (SSSR count). The number of nitrogens with zero attached hydrogens (tertiary/aromatic N) is 2. The molecule has 2 aromatic rings. The van der Waals surface area contributed by atoms with Crippen molar-refractivity contribution in [3.8, 4) is 0 Å². The minimum Gasteiger partial charge on any atom is -0.311 e. The lowest BCUT2D eigenvalue weighted by atomic mass is 10.1. The van der Waals surface area contributed by atoms with E-state index in [9.17, 15) is 4.79 Å². The van der Waals surface area contributed by atoms with Crippen LogP contribution >= 0.6 is 23.2 Å². The number of hydrogen-bond acceptors (Lipinski definition) is 3. The van der Waals surface area contributed by atoms with Crippen LogP contribution in [0.4, 0.5) is 0 Å². The van der Waals surface area contributed by atoms with E-state index in [1.54, 1.807) is 29.1 Å². The number of hydrogen-bond donors (Lipinski definition) is 1. The first kappa shape index (κ1) is 13.6. The van der Waals surface area contributed by atoms with Crippen LogP contribution < -0.4 is 10.9 Å². The van der Waals surface area contributed by atoms with Crippen LogP contribution in [-0.2, 0) is 19.5 Å². The van der Waals surface area contributed by atoms with Crippen molar-refractivity contribution in [2.24, 2.45) is 0 Å². The van der Waals surface area contributed by atoms with E-state index in [1.165, 1.54) is 0 Å². The summed E-state index contributed by atoms with van der Waals surface area (Å²) in [6, 6.07) is 5.32. The van der Waals surface area contributed by atoms with Crippen LogP contribution in [0.1, 0.15) is 16.8 Å². The molecular formula is C14H13Cl2N3O. The number of halogens is 2. The molecule has 1 N–H and O–H groups in total. The molecule has 0 atom stereocenters. The third kappa shape index (κ3) is 2.46. The van der Waals surface area contributed by atoms with Gasteiger partial charge in [0.1, 0.15) is 0 Å². The monoisotopic (exact) mass is 309 g/mol. The number of aromatic nitrogens is 2. The topological polar surface area (TPSA) is 46.9 Å². The molecule has 0 aliphatic carbocycles. The van der Waals surface area contributed by atoms with Gasteiger partial charge in [-0.05, 0) is 25.1 Å². The molecule has 2 heterocycles. The van der Waals surface area contributed by atoms with Gasteiger partial charge in [0.2, 0.25) is 0 Å². The molecule has 0 amide bonds. The Morgan fingerprint density at radius 3 is 2.80 bits per heavy atom. The Hall–Kier alpha value is -1.36. The second-order valence-corrected chi connectivity index (χ2v) is 5.54. The lowest BCUT2D eigenvalue weighted by Gasteiger charge is -2.17. The number of benzene rings is 1. The minimum absolute atomic E-state index is 0.00696. The van der Waals surface area contributed by atoms with Crippen LogP contribution in [0.15, 0.2) is 29.3 Å². The van der Waals surface area contributed by atoms with Crippen molar-refractivity contribution in [2.75, 3.05) is 6.54 Å². The van der Waals surface area contributed by atoms with Crippen molar-refractivity contribution < 1.29 is 0 Å². The van der Waals surface area contributed by atoms with E-state index >= 15 is 0 Å². The van der Waals surface area contributed by atoms with Gasteiger partial charge in [-0.2, -0.15) is 0 Å². The second-order valence-electron chi connectivity index (χ2n) is 4.73. The van der Waals surface area contributed by atoms with Crippen molar-refractivity contribution in [3.05, 3.63) is 61.7 Å². The van der Waals surface area contributed by atoms with Crippen molar-refractivity contribution in [3.63, 3.8) is 0 Å². The highest BCUT2D eigenvalue weighted by Gasteiger charge is 2.16. The Morgan fingerprint density at radius 1 is 1.30 bits per heavy atom. The van der Waals surface area contributed by atoms with Crippen LogP contribution in [0, 0.1) is 0 Å². The molecule has 1 aromatic carbocycles. The summed E-state index contributed by atoms with van der Waals surface area (Å²) in [5.74, 6) is 0. The molecule has 0 saturated carbocycles. The second kappa shape index (κ2) is 5.56. The lowest BCUT2D eigenvalue weighted by molar-refractivity contribution is 0.596. The average Bonchev–Trinajstić information content (AvgIpc) is 2.45. The summed E-state index contributed by atoms with van der Waals surface area (Å²) < 4.78 is 1.57. The van der Waals surface area contributed by atoms with Crippen LogP contribution in [0.5, 0.6) is 0 Å². The summed E-state index contributed by atoms with van der Waals surface area (Å²) in [4.78, 5) is 16.8. The van der Waals surface area contributed by atoms with Crippen molar-refractivity contribution in [2.45, 2.75) is 19.5 Å². The van der Waals surface area contributed by atoms with Crippen LogP contribution in [0.2, 0.25) is 10.0 Å². The van der Waals surface area contributed by atoms with Gasteiger partial charge in [0.15, 0.2) is 0 Å². The first-order valence-electron chi connectivity index (χ1n) is 6.37. The Morgan fingerprint density at radius 2 is 2.05 bits per heavy atom. The van der Waals surface area contributed by atoms with Crippen molar-refractivity contribution in [1.29, 1.82) is 0 Å². The van der Waals surface area contributed by atoms with Crippen LogP contribution in [0.3, 0.4) is 0 Å². The SMILES string of the molecule is O=c1c2c(ncn1Cc1c(Cl)cccc1Cl)CNCC2. The Kier molecular flexibility index (Phi) is 3.78. The van der Waals surface area contributed by atoms with E-state index in [-0.39, 0.29) is 5.56 Å². The molecule has 0 bridgehead atoms. The zero-order valence-electron chi connectivity index (χ0n) is 10.7. The maximum absolute atomic E-state index is 12.4. The standard InChI is InChI=1S/C14H13Cl2N3O/c15-11-2-1-3-12(16)10(11)7-19-8-18-13-6-17-5-4-9(13)14(19)20/h1-3,8,17H,4-7H2. The summed E-state index contributed by atoms with van der Waals surface area (Å²) in [5.41, 5.74) is 2.36. The lowest BCUT2D eigenvalue weighted by Crippen LogP contribution is -2.34. The maximum Gasteiger partial charge on any atom is 0.257 e. The molecule has 104 valence electrons. The number of fused-ring (bicyclic) bond motifs is 1. The smallest absolute Gasteiger partial charge is 0.257 e. The molecule has 0 spiro atoms. The molecule has 0 unspecified atom stereocenters. The highest BCUT2D eigenvalue weighted by atomic mass is 35.5.